The lowest BCUT2D eigenvalue weighted by Crippen LogP contribution is -2.51. The maximum absolute atomic E-state index is 12.4. The average molecular weight is 310 g/mol. The molecular weight excluding hydrogens is 276 g/mol. The van der Waals surface area contributed by atoms with E-state index in [0.29, 0.717) is 18.4 Å². The predicted molar refractivity (Wildman–Crippen MR) is 91.0 cm³/mol. The summed E-state index contributed by atoms with van der Waals surface area (Å²) in [4.78, 5) is 19.2. The summed E-state index contributed by atoms with van der Waals surface area (Å²) in [5.74, 6) is 0.341. The van der Waals surface area contributed by atoms with Crippen molar-refractivity contribution in [3.05, 3.63) is 0 Å². The molecule has 0 aromatic heterocycles. The standard InChI is InChI=1S/C17H34N4O/c1-17(2,3)18-15-5-9-21(10-6-15)16(22)7-8-20-13-11-19(4)12-14-20/h15,18H,5-14H2,1-4H3. The van der Waals surface area contributed by atoms with Crippen LogP contribution in [0.4, 0.5) is 0 Å². The van der Waals surface area contributed by atoms with E-state index in [-0.39, 0.29) is 5.54 Å². The second kappa shape index (κ2) is 7.75. The first-order valence-corrected chi connectivity index (χ1v) is 8.80. The molecule has 0 aliphatic carbocycles. The molecule has 5 nitrogen and oxygen atoms in total. The third-order valence-corrected chi connectivity index (χ3v) is 4.72. The average Bonchev–Trinajstić information content (AvgIpc) is 2.45. The fourth-order valence-corrected chi connectivity index (χ4v) is 3.37. The van der Waals surface area contributed by atoms with Crippen LogP contribution in [0.2, 0.25) is 0 Å². The highest BCUT2D eigenvalue weighted by Gasteiger charge is 2.25. The molecule has 2 aliphatic heterocycles. The van der Waals surface area contributed by atoms with Crippen LogP contribution in [0.25, 0.3) is 0 Å². The highest BCUT2D eigenvalue weighted by molar-refractivity contribution is 5.76. The zero-order valence-corrected chi connectivity index (χ0v) is 14.9. The lowest BCUT2D eigenvalue weighted by molar-refractivity contribution is -0.132. The monoisotopic (exact) mass is 310 g/mol. The lowest BCUT2D eigenvalue weighted by atomic mass is 10.00. The van der Waals surface area contributed by atoms with Crippen LogP contribution in [0.5, 0.6) is 0 Å². The topological polar surface area (TPSA) is 38.8 Å². The molecule has 2 heterocycles. The molecule has 5 heteroatoms. The molecule has 0 radical (unpaired) electrons. The number of carbonyl (C=O) groups excluding carboxylic acids is 1. The Balaban J connectivity index is 1.65. The van der Waals surface area contributed by atoms with E-state index in [4.69, 9.17) is 0 Å². The molecule has 0 atom stereocenters. The van der Waals surface area contributed by atoms with Gasteiger partial charge in [-0.3, -0.25) is 4.79 Å². The van der Waals surface area contributed by atoms with Gasteiger partial charge in [0.2, 0.25) is 5.91 Å². The summed E-state index contributed by atoms with van der Waals surface area (Å²) in [6, 6.07) is 0.557. The summed E-state index contributed by atoms with van der Waals surface area (Å²) >= 11 is 0. The van der Waals surface area contributed by atoms with Gasteiger partial charge < -0.3 is 20.0 Å². The van der Waals surface area contributed by atoms with Crippen molar-refractivity contribution in [1.29, 1.82) is 0 Å². The number of hydrogen-bond acceptors (Lipinski definition) is 4. The Kier molecular flexibility index (Phi) is 6.24. The number of piperazine rings is 1. The second-order valence-corrected chi connectivity index (χ2v) is 7.94. The molecule has 0 aromatic rings. The van der Waals surface area contributed by atoms with E-state index in [1.807, 2.05) is 0 Å². The zero-order valence-electron chi connectivity index (χ0n) is 14.9. The largest absolute Gasteiger partial charge is 0.343 e. The number of nitrogens with one attached hydrogen (secondary N) is 1. The number of piperidine rings is 1. The number of rotatable bonds is 4. The van der Waals surface area contributed by atoms with Gasteiger partial charge >= 0.3 is 0 Å². The van der Waals surface area contributed by atoms with Gasteiger partial charge in [-0.1, -0.05) is 0 Å². The van der Waals surface area contributed by atoms with Crippen LogP contribution in [0, 0.1) is 0 Å². The van der Waals surface area contributed by atoms with Crippen LogP contribution in [-0.4, -0.2) is 85.0 Å². The van der Waals surface area contributed by atoms with Gasteiger partial charge in [0.25, 0.3) is 0 Å². The molecule has 0 bridgehead atoms. The van der Waals surface area contributed by atoms with Crippen LogP contribution < -0.4 is 5.32 Å². The lowest BCUT2D eigenvalue weighted by Gasteiger charge is -2.37. The van der Waals surface area contributed by atoms with Gasteiger partial charge in [-0.15, -0.1) is 0 Å². The molecule has 2 fully saturated rings. The molecule has 0 unspecified atom stereocenters. The van der Waals surface area contributed by atoms with Gasteiger partial charge in [0, 0.05) is 63.8 Å². The Morgan fingerprint density at radius 2 is 1.64 bits per heavy atom. The minimum absolute atomic E-state index is 0.165. The van der Waals surface area contributed by atoms with E-state index in [2.05, 4.69) is 47.8 Å². The quantitative estimate of drug-likeness (QED) is 0.841. The molecule has 2 aliphatic rings. The van der Waals surface area contributed by atoms with Gasteiger partial charge in [0.1, 0.15) is 0 Å². The number of hydrogen-bond donors (Lipinski definition) is 1. The van der Waals surface area contributed by atoms with Crippen LogP contribution in [0.3, 0.4) is 0 Å². The van der Waals surface area contributed by atoms with Crippen molar-refractivity contribution in [2.75, 3.05) is 52.9 Å². The van der Waals surface area contributed by atoms with E-state index in [1.165, 1.54) is 0 Å². The summed E-state index contributed by atoms with van der Waals surface area (Å²) in [7, 11) is 2.16. The molecule has 2 rings (SSSR count). The molecule has 0 spiro atoms. The van der Waals surface area contributed by atoms with Crippen molar-refractivity contribution >= 4 is 5.91 Å². The highest BCUT2D eigenvalue weighted by atomic mass is 16.2. The van der Waals surface area contributed by atoms with Crippen molar-refractivity contribution in [3.63, 3.8) is 0 Å². The van der Waals surface area contributed by atoms with Crippen molar-refractivity contribution in [3.8, 4) is 0 Å². The van der Waals surface area contributed by atoms with Crippen LogP contribution in [0.15, 0.2) is 0 Å². The predicted octanol–water partition coefficient (Wildman–Crippen LogP) is 1.00. The summed E-state index contributed by atoms with van der Waals surface area (Å²) in [5.41, 5.74) is 0.165. The fourth-order valence-electron chi connectivity index (χ4n) is 3.37. The van der Waals surface area contributed by atoms with Crippen LogP contribution in [0.1, 0.15) is 40.0 Å². The van der Waals surface area contributed by atoms with Gasteiger partial charge in [0.15, 0.2) is 0 Å². The van der Waals surface area contributed by atoms with E-state index in [9.17, 15) is 4.79 Å². The second-order valence-electron chi connectivity index (χ2n) is 7.94. The first-order valence-electron chi connectivity index (χ1n) is 8.80. The minimum Gasteiger partial charge on any atom is -0.343 e. The highest BCUT2D eigenvalue weighted by Crippen LogP contribution is 2.15. The Hall–Kier alpha value is -0.650. The van der Waals surface area contributed by atoms with Gasteiger partial charge in [0.05, 0.1) is 0 Å². The Bertz CT molecular complexity index is 350. The van der Waals surface area contributed by atoms with Gasteiger partial charge in [-0.2, -0.15) is 0 Å². The van der Waals surface area contributed by atoms with Crippen molar-refractivity contribution in [2.45, 2.75) is 51.6 Å². The third kappa shape index (κ3) is 5.86. The summed E-state index contributed by atoms with van der Waals surface area (Å²) in [6.07, 6.45) is 2.84. The molecule has 22 heavy (non-hydrogen) atoms. The molecule has 1 N–H and O–H groups in total. The molecule has 1 amide bonds. The molecule has 0 aromatic carbocycles. The van der Waals surface area contributed by atoms with E-state index in [0.717, 1.165) is 58.7 Å². The Morgan fingerprint density at radius 3 is 2.18 bits per heavy atom. The normalized spacial score (nSPS) is 23.0. The third-order valence-electron chi connectivity index (χ3n) is 4.72. The fraction of sp³-hybridized carbons (Fsp3) is 0.941. The van der Waals surface area contributed by atoms with Crippen molar-refractivity contribution < 1.29 is 4.79 Å². The number of likely N-dealkylation sites (tertiary alicyclic amines) is 1. The summed E-state index contributed by atoms with van der Waals surface area (Å²) in [6.45, 7) is 13.8. The molecular formula is C17H34N4O. The van der Waals surface area contributed by atoms with E-state index < -0.39 is 0 Å². The number of likely N-dealkylation sites (N-methyl/N-ethyl adjacent to an activating group) is 1. The summed E-state index contributed by atoms with van der Waals surface area (Å²) < 4.78 is 0. The maximum Gasteiger partial charge on any atom is 0.223 e. The molecule has 128 valence electrons. The smallest absolute Gasteiger partial charge is 0.223 e. The van der Waals surface area contributed by atoms with Gasteiger partial charge in [-0.05, 0) is 40.7 Å². The van der Waals surface area contributed by atoms with E-state index in [1.54, 1.807) is 0 Å². The number of amides is 1. The molecule has 0 saturated carbocycles. The first-order chi connectivity index (χ1) is 10.3. The Morgan fingerprint density at radius 1 is 1.05 bits per heavy atom. The number of nitrogens with zero attached hydrogens (tertiary/aromatic N) is 3. The Labute approximate surface area is 136 Å². The number of carbonyl (C=O) groups is 1. The van der Waals surface area contributed by atoms with Crippen LogP contribution >= 0.6 is 0 Å². The van der Waals surface area contributed by atoms with Gasteiger partial charge in [-0.25, -0.2) is 0 Å². The van der Waals surface area contributed by atoms with Crippen LogP contribution in [-0.2, 0) is 4.79 Å². The SMILES string of the molecule is CN1CCN(CCC(=O)N2CCC(NC(C)(C)C)CC2)CC1. The van der Waals surface area contributed by atoms with Crippen molar-refractivity contribution in [1.82, 2.24) is 20.0 Å². The van der Waals surface area contributed by atoms with Crippen molar-refractivity contribution in [2.24, 2.45) is 0 Å². The molecule has 2 saturated heterocycles. The first kappa shape index (κ1) is 17.7. The summed E-state index contributed by atoms with van der Waals surface area (Å²) in [5, 5.41) is 3.65. The minimum atomic E-state index is 0.165. The maximum atomic E-state index is 12.4. The van der Waals surface area contributed by atoms with E-state index >= 15 is 0 Å². The zero-order chi connectivity index (χ0) is 16.2.